The molecule has 0 radical (unpaired) electrons. The summed E-state index contributed by atoms with van der Waals surface area (Å²) in [6, 6.07) is 6.24. The summed E-state index contributed by atoms with van der Waals surface area (Å²) in [4.78, 5) is 11.5. The molecule has 110 valence electrons. The number of methoxy groups -OCH3 is 1. The lowest BCUT2D eigenvalue weighted by Crippen LogP contribution is -2.33. The van der Waals surface area contributed by atoms with Crippen LogP contribution in [-0.2, 0) is 11.3 Å². The highest BCUT2D eigenvalue weighted by atomic mass is 79.9. The SMILES string of the molecule is COC(=O)c1ccc(CNC2CCCC(C)C2)c(Br)c1. The van der Waals surface area contributed by atoms with Gasteiger partial charge in [0.25, 0.3) is 0 Å². The van der Waals surface area contributed by atoms with E-state index >= 15 is 0 Å². The molecule has 0 saturated heterocycles. The number of hydrogen-bond acceptors (Lipinski definition) is 3. The standard InChI is InChI=1S/C16H22BrNO2/c1-11-4-3-5-14(8-11)18-10-13-7-6-12(9-15(13)17)16(19)20-2/h6-7,9,11,14,18H,3-5,8,10H2,1-2H3. The Morgan fingerprint density at radius 2 is 2.25 bits per heavy atom. The lowest BCUT2D eigenvalue weighted by molar-refractivity contribution is 0.0600. The Balaban J connectivity index is 1.94. The van der Waals surface area contributed by atoms with Crippen molar-refractivity contribution in [2.45, 2.75) is 45.2 Å². The van der Waals surface area contributed by atoms with E-state index < -0.39 is 0 Å². The second-order valence-corrected chi connectivity index (χ2v) is 6.50. The Bertz CT molecular complexity index is 476. The average Bonchev–Trinajstić information content (AvgIpc) is 2.45. The summed E-state index contributed by atoms with van der Waals surface area (Å²) in [6.07, 6.45) is 5.21. The molecule has 1 N–H and O–H groups in total. The first-order valence-corrected chi connectivity index (χ1v) is 7.99. The van der Waals surface area contributed by atoms with E-state index in [0.717, 1.165) is 16.9 Å². The highest BCUT2D eigenvalue weighted by Gasteiger charge is 2.18. The molecule has 4 heteroatoms. The van der Waals surface area contributed by atoms with E-state index in [2.05, 4.69) is 28.2 Å². The number of benzene rings is 1. The Labute approximate surface area is 129 Å². The maximum absolute atomic E-state index is 11.5. The molecule has 0 aliphatic heterocycles. The summed E-state index contributed by atoms with van der Waals surface area (Å²) < 4.78 is 5.68. The van der Waals surface area contributed by atoms with Crippen LogP contribution in [0.25, 0.3) is 0 Å². The molecule has 0 heterocycles. The topological polar surface area (TPSA) is 38.3 Å². The maximum Gasteiger partial charge on any atom is 0.337 e. The van der Waals surface area contributed by atoms with Crippen LogP contribution in [-0.4, -0.2) is 19.1 Å². The fourth-order valence-corrected chi connectivity index (χ4v) is 3.33. The van der Waals surface area contributed by atoms with Gasteiger partial charge >= 0.3 is 5.97 Å². The van der Waals surface area contributed by atoms with E-state index in [9.17, 15) is 4.79 Å². The lowest BCUT2D eigenvalue weighted by Gasteiger charge is -2.27. The number of rotatable bonds is 4. The summed E-state index contributed by atoms with van der Waals surface area (Å²) in [5.74, 6) is 0.526. The number of nitrogens with one attached hydrogen (secondary N) is 1. The summed E-state index contributed by atoms with van der Waals surface area (Å²) in [5, 5.41) is 3.63. The second-order valence-electron chi connectivity index (χ2n) is 5.65. The molecule has 1 saturated carbocycles. The molecule has 1 fully saturated rings. The molecule has 0 aromatic heterocycles. The summed E-state index contributed by atoms with van der Waals surface area (Å²) >= 11 is 3.53. The van der Waals surface area contributed by atoms with Gasteiger partial charge in [-0.1, -0.05) is 41.8 Å². The van der Waals surface area contributed by atoms with Gasteiger partial charge in [0.1, 0.15) is 0 Å². The van der Waals surface area contributed by atoms with Crippen molar-refractivity contribution in [2.24, 2.45) is 5.92 Å². The number of ether oxygens (including phenoxy) is 1. The highest BCUT2D eigenvalue weighted by molar-refractivity contribution is 9.10. The van der Waals surface area contributed by atoms with Crippen LogP contribution in [0.2, 0.25) is 0 Å². The Morgan fingerprint density at radius 1 is 1.45 bits per heavy atom. The lowest BCUT2D eigenvalue weighted by atomic mass is 9.87. The smallest absolute Gasteiger partial charge is 0.337 e. The quantitative estimate of drug-likeness (QED) is 0.845. The zero-order chi connectivity index (χ0) is 14.5. The monoisotopic (exact) mass is 339 g/mol. The largest absolute Gasteiger partial charge is 0.465 e. The number of halogens is 1. The van der Waals surface area contributed by atoms with Gasteiger partial charge in [-0.2, -0.15) is 0 Å². The molecule has 1 aliphatic rings. The summed E-state index contributed by atoms with van der Waals surface area (Å²) in [6.45, 7) is 3.16. The molecular formula is C16H22BrNO2. The average molecular weight is 340 g/mol. The van der Waals surface area contributed by atoms with Crippen molar-refractivity contribution in [1.29, 1.82) is 0 Å². The predicted octanol–water partition coefficient (Wildman–Crippen LogP) is 3.90. The third-order valence-corrected chi connectivity index (χ3v) is 4.73. The molecule has 20 heavy (non-hydrogen) atoms. The van der Waals surface area contributed by atoms with Gasteiger partial charge in [-0.25, -0.2) is 4.79 Å². The minimum atomic E-state index is -0.300. The number of esters is 1. The number of carbonyl (C=O) groups excluding carboxylic acids is 1. The van der Waals surface area contributed by atoms with Crippen molar-refractivity contribution in [2.75, 3.05) is 7.11 Å². The minimum Gasteiger partial charge on any atom is -0.465 e. The van der Waals surface area contributed by atoms with Gasteiger partial charge in [-0.3, -0.25) is 0 Å². The van der Waals surface area contributed by atoms with Crippen LogP contribution < -0.4 is 5.32 Å². The van der Waals surface area contributed by atoms with E-state index in [0.29, 0.717) is 11.6 Å². The van der Waals surface area contributed by atoms with Crippen LogP contribution in [0.3, 0.4) is 0 Å². The molecule has 1 aliphatic carbocycles. The van der Waals surface area contributed by atoms with Crippen LogP contribution in [0.5, 0.6) is 0 Å². The van der Waals surface area contributed by atoms with Gasteiger partial charge in [0.05, 0.1) is 12.7 Å². The van der Waals surface area contributed by atoms with Crippen molar-refractivity contribution in [3.05, 3.63) is 33.8 Å². The Morgan fingerprint density at radius 3 is 2.90 bits per heavy atom. The Kier molecular flexibility index (Phi) is 5.61. The third-order valence-electron chi connectivity index (χ3n) is 3.99. The molecule has 1 aromatic carbocycles. The van der Waals surface area contributed by atoms with Gasteiger partial charge in [0, 0.05) is 17.1 Å². The van der Waals surface area contributed by atoms with Gasteiger partial charge in [0.15, 0.2) is 0 Å². The van der Waals surface area contributed by atoms with Gasteiger partial charge in [0.2, 0.25) is 0 Å². The minimum absolute atomic E-state index is 0.300. The molecule has 2 rings (SSSR count). The fourth-order valence-electron chi connectivity index (χ4n) is 2.81. The van der Waals surface area contributed by atoms with E-state index in [1.807, 2.05) is 18.2 Å². The summed E-state index contributed by atoms with van der Waals surface area (Å²) in [7, 11) is 1.40. The molecule has 0 amide bonds. The third kappa shape index (κ3) is 4.06. The highest BCUT2D eigenvalue weighted by Crippen LogP contribution is 2.25. The molecule has 3 nitrogen and oxygen atoms in total. The number of carbonyl (C=O) groups is 1. The first-order chi connectivity index (χ1) is 9.60. The van der Waals surface area contributed by atoms with Crippen LogP contribution >= 0.6 is 15.9 Å². The van der Waals surface area contributed by atoms with Crippen molar-refractivity contribution in [3.63, 3.8) is 0 Å². The van der Waals surface area contributed by atoms with Crippen molar-refractivity contribution in [3.8, 4) is 0 Å². The molecule has 2 atom stereocenters. The van der Waals surface area contributed by atoms with Crippen LogP contribution in [0.15, 0.2) is 22.7 Å². The zero-order valence-corrected chi connectivity index (χ0v) is 13.7. The van der Waals surface area contributed by atoms with Crippen molar-refractivity contribution < 1.29 is 9.53 Å². The first-order valence-electron chi connectivity index (χ1n) is 7.20. The van der Waals surface area contributed by atoms with Gasteiger partial charge in [-0.15, -0.1) is 0 Å². The number of hydrogen-bond donors (Lipinski definition) is 1. The zero-order valence-electron chi connectivity index (χ0n) is 12.1. The summed E-state index contributed by atoms with van der Waals surface area (Å²) in [5.41, 5.74) is 1.75. The van der Waals surface area contributed by atoms with E-state index in [1.165, 1.54) is 38.4 Å². The van der Waals surface area contributed by atoms with Gasteiger partial charge in [-0.05, 0) is 36.5 Å². The molecule has 0 spiro atoms. The maximum atomic E-state index is 11.5. The van der Waals surface area contributed by atoms with E-state index in [4.69, 9.17) is 4.74 Å². The van der Waals surface area contributed by atoms with Crippen LogP contribution in [0.1, 0.15) is 48.5 Å². The van der Waals surface area contributed by atoms with Crippen LogP contribution in [0, 0.1) is 5.92 Å². The Hall–Kier alpha value is -0.870. The molecule has 1 aromatic rings. The van der Waals surface area contributed by atoms with Gasteiger partial charge < -0.3 is 10.1 Å². The van der Waals surface area contributed by atoms with Crippen molar-refractivity contribution >= 4 is 21.9 Å². The normalized spacial score (nSPS) is 22.6. The predicted molar refractivity (Wildman–Crippen MR) is 83.7 cm³/mol. The molecule has 0 bridgehead atoms. The van der Waals surface area contributed by atoms with E-state index in [1.54, 1.807) is 0 Å². The van der Waals surface area contributed by atoms with E-state index in [-0.39, 0.29) is 5.97 Å². The van der Waals surface area contributed by atoms with Crippen LogP contribution in [0.4, 0.5) is 0 Å². The van der Waals surface area contributed by atoms with Crippen molar-refractivity contribution in [1.82, 2.24) is 5.32 Å². The fraction of sp³-hybridized carbons (Fsp3) is 0.562. The molecule has 2 unspecified atom stereocenters. The second kappa shape index (κ2) is 7.23. The first kappa shape index (κ1) is 15.5. The molecular weight excluding hydrogens is 318 g/mol.